The van der Waals surface area contributed by atoms with E-state index in [2.05, 4.69) is 128 Å². The van der Waals surface area contributed by atoms with E-state index >= 15 is 0 Å². The van der Waals surface area contributed by atoms with Gasteiger partial charge in [0.1, 0.15) is 13.6 Å². The monoisotopic (exact) mass is 1530 g/mol. The highest BCUT2D eigenvalue weighted by Crippen LogP contribution is 2.28. The summed E-state index contributed by atoms with van der Waals surface area (Å²) in [4.78, 5) is 104. The van der Waals surface area contributed by atoms with E-state index in [1.807, 2.05) is 102 Å². The summed E-state index contributed by atoms with van der Waals surface area (Å²) in [7, 11) is 2.00. The number of pyridine rings is 2. The van der Waals surface area contributed by atoms with Gasteiger partial charge in [-0.05, 0) is 148 Å². The van der Waals surface area contributed by atoms with Gasteiger partial charge in [-0.25, -0.2) is 38.5 Å². The Morgan fingerprint density at radius 3 is 1.19 bits per heavy atom. The van der Waals surface area contributed by atoms with E-state index in [-0.39, 0.29) is 82.7 Å². The lowest BCUT2D eigenvalue weighted by molar-refractivity contribution is -0.697. The van der Waals surface area contributed by atoms with Gasteiger partial charge in [0.25, 0.3) is 16.7 Å². The summed E-state index contributed by atoms with van der Waals surface area (Å²) in [5.41, 5.74) is 12.0. The van der Waals surface area contributed by atoms with Crippen LogP contribution < -0.4 is 90.8 Å². The molecule has 0 fully saturated rings. The second-order valence-corrected chi connectivity index (χ2v) is 23.3. The van der Waals surface area contributed by atoms with Gasteiger partial charge in [-0.2, -0.15) is 15.0 Å². The van der Waals surface area contributed by atoms with Gasteiger partial charge in [0, 0.05) is 67.8 Å². The van der Waals surface area contributed by atoms with Gasteiger partial charge in [-0.1, -0.05) is 62.6 Å². The first-order valence-electron chi connectivity index (χ1n) is 29.6. The summed E-state index contributed by atoms with van der Waals surface area (Å²) in [6, 6.07) is 20.5. The lowest BCUT2D eigenvalue weighted by Gasteiger charge is -2.18. The van der Waals surface area contributed by atoms with E-state index < -0.39 is 22.6 Å². The van der Waals surface area contributed by atoms with Crippen LogP contribution in [-0.4, -0.2) is 62.2 Å². The Morgan fingerprint density at radius 1 is 0.443 bits per heavy atom. The quantitative estimate of drug-likeness (QED) is 0.0601. The SMILES string of the molecule is CCCCn1c2nc(=O)[nH]c(=O)c-2nc2cc(C)c(C)cc21.CCCCn1c2nc(=O)n(CCCI)c(=O)c-2nc2cc(C)c(C)cc21.CCCCn1c2nc(=O)n(CCC[n+]3ccc(-c4cc[n+](C)cc4)cc3)c(=O)c-2nc2cc(C)c(C)cc21.[I-].[I-]. The average Bonchev–Trinajstić information content (AvgIpc) is 1.25. The Balaban J connectivity index is 0.000000194. The molecule has 5 aromatic rings. The number of benzene rings is 3. The number of H-pyrrole nitrogens is 1. The van der Waals surface area contributed by atoms with Crippen molar-refractivity contribution in [3.05, 3.63) is 181 Å². The highest BCUT2D eigenvalue weighted by molar-refractivity contribution is 14.1. The molecule has 8 heterocycles. The second kappa shape index (κ2) is 30.5. The highest BCUT2D eigenvalue weighted by atomic mass is 127. The molecule has 0 saturated heterocycles. The number of halogens is 3. The van der Waals surface area contributed by atoms with Crippen LogP contribution in [0.4, 0.5) is 0 Å². The number of nitrogens with one attached hydrogen (secondary N) is 1. The number of fused-ring (bicyclic) bond motifs is 6. The number of alkyl halides is 1. The molecule has 0 saturated carbocycles. The number of unbranched alkanes of at least 4 members (excludes halogenated alkanes) is 3. The van der Waals surface area contributed by atoms with E-state index in [0.717, 1.165) is 127 Å². The van der Waals surface area contributed by atoms with Crippen LogP contribution in [0.15, 0.2) is 114 Å². The van der Waals surface area contributed by atoms with Gasteiger partial charge >= 0.3 is 17.1 Å². The molecule has 6 aliphatic heterocycles. The molecule has 0 amide bonds. The zero-order valence-electron chi connectivity index (χ0n) is 51.6. The number of aryl methyl sites for hydroxylation is 11. The molecule has 1 N–H and O–H groups in total. The van der Waals surface area contributed by atoms with Crippen LogP contribution in [0.2, 0.25) is 0 Å². The Hall–Kier alpha value is -7.01. The first-order chi connectivity index (χ1) is 41.3. The maximum absolute atomic E-state index is 13.5. The predicted molar refractivity (Wildman–Crippen MR) is 345 cm³/mol. The minimum Gasteiger partial charge on any atom is -1.00 e. The van der Waals surface area contributed by atoms with Crippen molar-refractivity contribution in [2.75, 3.05) is 4.43 Å². The van der Waals surface area contributed by atoms with Crippen molar-refractivity contribution in [1.29, 1.82) is 0 Å². The maximum Gasteiger partial charge on any atom is 0.352 e. The fraction of sp³-hybridized carbons (Fsp3) is 0.385. The summed E-state index contributed by atoms with van der Waals surface area (Å²) in [5, 5.41) is 0. The Kier molecular flexibility index (Phi) is 23.7. The molecule has 11 rings (SSSR count). The maximum atomic E-state index is 13.5. The standard InChI is InChI=1S/C30H34N6O2.C19H23IN4O2.C16H18N4O2.2HI/c1-5-6-13-35-26-20-22(3)21(2)19-25(26)31-27-28(35)32-30(38)36(29(27)37)14-7-12-34-17-10-24(11-18-34)23-8-15-33(4)16-9-23;1-4-5-8-23-15-11-13(3)12(2)10-14(15)21-16-17(23)22-19(26)24(18(16)25)9-6-7-20;1-4-5-6-20-12-8-10(3)9(2)7-11(12)17-13-14(20)18-16(22)19-15(13)21;;/h8-11,15-20H,5-7,12-14H2,1-4H3;10-11H,4-9H2,1-3H3;7-8H,4-6H2,1-3H3,(H,19,21,22);2*1H/q+2;;;;/p-2. The van der Waals surface area contributed by atoms with Crippen molar-refractivity contribution in [2.45, 2.75) is 153 Å². The molecule has 2 aromatic heterocycles. The summed E-state index contributed by atoms with van der Waals surface area (Å²) >= 11 is 2.24. The summed E-state index contributed by atoms with van der Waals surface area (Å²) in [6.07, 6.45) is 15.3. The number of aromatic amines is 1. The van der Waals surface area contributed by atoms with Gasteiger partial charge in [-0.15, -0.1) is 0 Å². The summed E-state index contributed by atoms with van der Waals surface area (Å²) in [5.74, 6) is 1.13. The van der Waals surface area contributed by atoms with Crippen LogP contribution in [0.1, 0.15) is 106 Å². The first kappa shape index (κ1) is 68.5. The molecule has 23 heteroatoms. The van der Waals surface area contributed by atoms with Crippen molar-refractivity contribution in [1.82, 2.24) is 57.7 Å². The van der Waals surface area contributed by atoms with Gasteiger partial charge in [-0.3, -0.25) is 28.5 Å². The normalized spacial score (nSPS) is 11.2. The second-order valence-electron chi connectivity index (χ2n) is 22.2. The van der Waals surface area contributed by atoms with E-state index in [4.69, 9.17) is 4.98 Å². The highest BCUT2D eigenvalue weighted by Gasteiger charge is 2.25. The molecule has 0 unspecified atom stereocenters. The number of rotatable bonds is 17. The molecule has 462 valence electrons. The average molecular weight is 1530 g/mol. The van der Waals surface area contributed by atoms with Crippen LogP contribution in [0, 0.1) is 41.5 Å². The molecule has 0 atom stereocenters. The first-order valence-corrected chi connectivity index (χ1v) is 31.1. The molecular formula is C65H75I3N14O6. The molecule has 88 heavy (non-hydrogen) atoms. The van der Waals surface area contributed by atoms with E-state index in [1.165, 1.54) is 9.13 Å². The minimum absolute atomic E-state index is 0. The third-order valence-corrected chi connectivity index (χ3v) is 16.6. The molecule has 3 aromatic carbocycles. The minimum atomic E-state index is -0.632. The summed E-state index contributed by atoms with van der Waals surface area (Å²) in [6.45, 7) is 22.0. The fourth-order valence-corrected chi connectivity index (χ4v) is 10.8. The number of aromatic nitrogens is 14. The predicted octanol–water partition coefficient (Wildman–Crippen LogP) is 2.65. The van der Waals surface area contributed by atoms with Crippen molar-refractivity contribution in [2.24, 2.45) is 7.05 Å². The Bertz CT molecular complexity index is 4570. The Labute approximate surface area is 557 Å². The molecule has 6 aliphatic rings. The summed E-state index contributed by atoms with van der Waals surface area (Å²) < 4.78 is 13.3. The number of hydrogen-bond acceptors (Lipinski definition) is 12. The van der Waals surface area contributed by atoms with E-state index in [0.29, 0.717) is 56.6 Å². The molecule has 0 radical (unpaired) electrons. The van der Waals surface area contributed by atoms with Crippen molar-refractivity contribution < 1.29 is 57.1 Å². The third-order valence-electron chi connectivity index (χ3n) is 15.9. The zero-order chi connectivity index (χ0) is 61.5. The van der Waals surface area contributed by atoms with Crippen LogP contribution in [0.25, 0.3) is 78.8 Å². The lowest BCUT2D eigenvalue weighted by atomic mass is 10.1. The van der Waals surface area contributed by atoms with Crippen LogP contribution in [0.3, 0.4) is 0 Å². The topological polar surface area (TPSA) is 228 Å². The molecular weight excluding hydrogens is 1450 g/mol. The van der Waals surface area contributed by atoms with Crippen molar-refractivity contribution in [3.8, 4) is 45.7 Å². The van der Waals surface area contributed by atoms with Crippen LogP contribution >= 0.6 is 22.6 Å². The van der Waals surface area contributed by atoms with Gasteiger partial charge in [0.05, 0.1) is 33.1 Å². The van der Waals surface area contributed by atoms with Gasteiger partial charge < -0.3 is 61.7 Å². The van der Waals surface area contributed by atoms with Crippen molar-refractivity contribution in [3.63, 3.8) is 0 Å². The number of hydrogen-bond donors (Lipinski definition) is 1. The molecule has 0 aliphatic carbocycles. The van der Waals surface area contributed by atoms with Gasteiger partial charge in [0.15, 0.2) is 59.3 Å². The largest absolute Gasteiger partial charge is 1.00 e. The fourth-order valence-electron chi connectivity index (χ4n) is 10.4. The van der Waals surface area contributed by atoms with Crippen molar-refractivity contribution >= 4 is 55.7 Å². The number of nitrogens with zero attached hydrogens (tertiary/aromatic N) is 13. The van der Waals surface area contributed by atoms with Gasteiger partial charge in [0.2, 0.25) is 0 Å². The molecule has 20 nitrogen and oxygen atoms in total. The zero-order valence-corrected chi connectivity index (χ0v) is 58.1. The van der Waals surface area contributed by atoms with E-state index in [1.54, 1.807) is 0 Å². The van der Waals surface area contributed by atoms with E-state index in [9.17, 15) is 28.8 Å². The molecule has 0 bridgehead atoms. The lowest BCUT2D eigenvalue weighted by Crippen LogP contribution is -3.00. The molecule has 0 spiro atoms. The van der Waals surface area contributed by atoms with Crippen LogP contribution in [0.5, 0.6) is 0 Å². The van der Waals surface area contributed by atoms with Crippen LogP contribution in [-0.2, 0) is 46.3 Å². The smallest absolute Gasteiger partial charge is 0.352 e. The Morgan fingerprint density at radius 2 is 0.795 bits per heavy atom. The third kappa shape index (κ3) is 15.0.